The summed E-state index contributed by atoms with van der Waals surface area (Å²) in [5.74, 6) is 0. The minimum Gasteiger partial charge on any atom is -0.379 e. The Bertz CT molecular complexity index is 401. The fourth-order valence-corrected chi connectivity index (χ4v) is 4.29. The van der Waals surface area contributed by atoms with Crippen molar-refractivity contribution >= 4 is 11.3 Å². The quantitative estimate of drug-likeness (QED) is 0.726. The van der Waals surface area contributed by atoms with Crippen LogP contribution in [0.4, 0.5) is 0 Å². The highest BCUT2D eigenvalue weighted by Gasteiger charge is 2.11. The van der Waals surface area contributed by atoms with Crippen molar-refractivity contribution < 1.29 is 9.47 Å². The van der Waals surface area contributed by atoms with Gasteiger partial charge in [0.15, 0.2) is 0 Å². The van der Waals surface area contributed by atoms with Gasteiger partial charge in [0.25, 0.3) is 0 Å². The van der Waals surface area contributed by atoms with E-state index in [4.69, 9.17) is 9.47 Å². The molecule has 0 aliphatic carbocycles. The molecule has 0 unspecified atom stereocenters. The summed E-state index contributed by atoms with van der Waals surface area (Å²) in [5, 5.41) is 2.36. The number of rotatable bonds is 8. The van der Waals surface area contributed by atoms with Crippen LogP contribution in [0.2, 0.25) is 0 Å². The molecule has 0 saturated carbocycles. The molecule has 0 spiro atoms. The highest BCUT2D eigenvalue weighted by molar-refractivity contribution is 7.10. The van der Waals surface area contributed by atoms with E-state index >= 15 is 0 Å². The van der Waals surface area contributed by atoms with Crippen LogP contribution in [0.1, 0.15) is 23.3 Å². The monoisotopic (exact) mass is 338 g/mol. The molecule has 130 valence electrons. The van der Waals surface area contributed by atoms with Gasteiger partial charge in [-0.05, 0) is 55.8 Å². The van der Waals surface area contributed by atoms with E-state index in [1.165, 1.54) is 44.3 Å². The summed E-state index contributed by atoms with van der Waals surface area (Å²) in [7, 11) is 0. The number of nitrogens with zero attached hydrogens (tertiary/aromatic N) is 2. The maximum atomic E-state index is 5.40. The molecule has 0 radical (unpaired) electrons. The van der Waals surface area contributed by atoms with E-state index in [2.05, 4.69) is 21.2 Å². The molecule has 1 aromatic heterocycles. The van der Waals surface area contributed by atoms with E-state index in [9.17, 15) is 0 Å². The predicted octanol–water partition coefficient (Wildman–Crippen LogP) is 2.28. The van der Waals surface area contributed by atoms with E-state index in [0.29, 0.717) is 0 Å². The van der Waals surface area contributed by atoms with Crippen molar-refractivity contribution in [2.75, 3.05) is 65.7 Å². The Balaban J connectivity index is 1.29. The van der Waals surface area contributed by atoms with Crippen LogP contribution < -0.4 is 0 Å². The SMILES string of the molecule is c1sc(CCCN2CCOCC2)cc1CCCN1CCOCC1. The summed E-state index contributed by atoms with van der Waals surface area (Å²) in [5.41, 5.74) is 1.53. The Kier molecular flexibility index (Phi) is 7.36. The Morgan fingerprint density at radius 1 is 0.826 bits per heavy atom. The summed E-state index contributed by atoms with van der Waals surface area (Å²) >= 11 is 1.95. The zero-order chi connectivity index (χ0) is 15.7. The maximum absolute atomic E-state index is 5.40. The van der Waals surface area contributed by atoms with Crippen LogP contribution in [0.5, 0.6) is 0 Å². The van der Waals surface area contributed by atoms with Gasteiger partial charge in [0, 0.05) is 31.1 Å². The fraction of sp³-hybridized carbons (Fsp3) is 0.778. The van der Waals surface area contributed by atoms with Crippen molar-refractivity contribution in [1.82, 2.24) is 9.80 Å². The van der Waals surface area contributed by atoms with Crippen LogP contribution >= 0.6 is 11.3 Å². The molecule has 0 N–H and O–H groups in total. The van der Waals surface area contributed by atoms with Gasteiger partial charge in [-0.15, -0.1) is 11.3 Å². The molecule has 5 heteroatoms. The molecule has 0 bridgehead atoms. The molecule has 0 amide bonds. The van der Waals surface area contributed by atoms with E-state index < -0.39 is 0 Å². The maximum Gasteiger partial charge on any atom is 0.0594 e. The lowest BCUT2D eigenvalue weighted by atomic mass is 10.1. The van der Waals surface area contributed by atoms with Crippen LogP contribution in [-0.2, 0) is 22.3 Å². The fourth-order valence-electron chi connectivity index (χ4n) is 3.32. The second kappa shape index (κ2) is 9.74. The Labute approximate surface area is 144 Å². The van der Waals surface area contributed by atoms with Crippen LogP contribution in [0.3, 0.4) is 0 Å². The van der Waals surface area contributed by atoms with Gasteiger partial charge in [0.2, 0.25) is 0 Å². The van der Waals surface area contributed by atoms with Gasteiger partial charge in [0.05, 0.1) is 26.4 Å². The summed E-state index contributed by atoms with van der Waals surface area (Å²) in [6.45, 7) is 10.5. The van der Waals surface area contributed by atoms with Crippen molar-refractivity contribution in [2.24, 2.45) is 0 Å². The topological polar surface area (TPSA) is 24.9 Å². The second-order valence-corrected chi connectivity index (χ2v) is 7.53. The third-order valence-electron chi connectivity index (χ3n) is 4.75. The molecule has 2 aliphatic heterocycles. The Morgan fingerprint density at radius 3 is 2.00 bits per heavy atom. The zero-order valence-electron chi connectivity index (χ0n) is 14.2. The molecule has 2 fully saturated rings. The molecule has 4 nitrogen and oxygen atoms in total. The third kappa shape index (κ3) is 6.16. The molecule has 2 aliphatic rings. The zero-order valence-corrected chi connectivity index (χ0v) is 15.0. The van der Waals surface area contributed by atoms with E-state index in [0.717, 1.165) is 52.6 Å². The van der Waals surface area contributed by atoms with E-state index in [-0.39, 0.29) is 0 Å². The largest absolute Gasteiger partial charge is 0.379 e. The van der Waals surface area contributed by atoms with Gasteiger partial charge in [0.1, 0.15) is 0 Å². The number of morpholine rings is 2. The van der Waals surface area contributed by atoms with Gasteiger partial charge in [-0.1, -0.05) is 0 Å². The van der Waals surface area contributed by atoms with E-state index in [1.54, 1.807) is 4.88 Å². The van der Waals surface area contributed by atoms with Crippen molar-refractivity contribution in [2.45, 2.75) is 25.7 Å². The van der Waals surface area contributed by atoms with Crippen LogP contribution in [0, 0.1) is 0 Å². The highest BCUT2D eigenvalue weighted by atomic mass is 32.1. The molecular weight excluding hydrogens is 308 g/mol. The molecule has 0 atom stereocenters. The summed E-state index contributed by atoms with van der Waals surface area (Å²) in [4.78, 5) is 6.61. The minimum atomic E-state index is 0.908. The first-order valence-electron chi connectivity index (χ1n) is 9.07. The normalized spacial score (nSPS) is 20.9. The van der Waals surface area contributed by atoms with Gasteiger partial charge in [-0.25, -0.2) is 0 Å². The molecular formula is C18H30N2O2S. The van der Waals surface area contributed by atoms with Gasteiger partial charge < -0.3 is 9.47 Å². The number of hydrogen-bond donors (Lipinski definition) is 0. The lowest BCUT2D eigenvalue weighted by Crippen LogP contribution is -2.36. The van der Waals surface area contributed by atoms with Crippen LogP contribution in [0.25, 0.3) is 0 Å². The first kappa shape index (κ1) is 17.4. The van der Waals surface area contributed by atoms with Crippen LogP contribution in [-0.4, -0.2) is 75.5 Å². The molecule has 1 aromatic rings. The van der Waals surface area contributed by atoms with Crippen molar-refractivity contribution in [3.05, 3.63) is 21.9 Å². The van der Waals surface area contributed by atoms with Crippen molar-refractivity contribution in [1.29, 1.82) is 0 Å². The van der Waals surface area contributed by atoms with Crippen molar-refractivity contribution in [3.8, 4) is 0 Å². The number of aryl methyl sites for hydroxylation is 2. The smallest absolute Gasteiger partial charge is 0.0594 e. The summed E-state index contributed by atoms with van der Waals surface area (Å²) < 4.78 is 10.8. The summed E-state index contributed by atoms with van der Waals surface area (Å²) in [6, 6.07) is 2.43. The average Bonchev–Trinajstić information content (AvgIpc) is 3.05. The van der Waals surface area contributed by atoms with Gasteiger partial charge >= 0.3 is 0 Å². The highest BCUT2D eigenvalue weighted by Crippen LogP contribution is 2.18. The predicted molar refractivity (Wildman–Crippen MR) is 95.5 cm³/mol. The van der Waals surface area contributed by atoms with Gasteiger partial charge in [-0.3, -0.25) is 9.80 Å². The molecule has 3 heterocycles. The van der Waals surface area contributed by atoms with E-state index in [1.807, 2.05) is 11.3 Å². The van der Waals surface area contributed by atoms with Gasteiger partial charge in [-0.2, -0.15) is 0 Å². The average molecular weight is 339 g/mol. The second-order valence-electron chi connectivity index (χ2n) is 6.54. The molecule has 23 heavy (non-hydrogen) atoms. The molecule has 2 saturated heterocycles. The number of ether oxygens (including phenoxy) is 2. The summed E-state index contributed by atoms with van der Waals surface area (Å²) in [6.07, 6.45) is 4.99. The lowest BCUT2D eigenvalue weighted by molar-refractivity contribution is 0.0374. The Hall–Kier alpha value is -0.460. The standard InChI is InChI=1S/C18H30N2O2S/c1(5-19-7-11-21-12-8-19)3-17-15-18(23-16-17)4-2-6-20-9-13-22-14-10-20/h15-16H,1-14H2. The number of hydrogen-bond acceptors (Lipinski definition) is 5. The number of thiophene rings is 1. The minimum absolute atomic E-state index is 0.908. The lowest BCUT2D eigenvalue weighted by Gasteiger charge is -2.26. The van der Waals surface area contributed by atoms with Crippen molar-refractivity contribution in [3.63, 3.8) is 0 Å². The first-order valence-corrected chi connectivity index (χ1v) is 9.94. The third-order valence-corrected chi connectivity index (χ3v) is 5.80. The molecule has 3 rings (SSSR count). The molecule has 0 aromatic carbocycles. The first-order chi connectivity index (χ1) is 11.4. The van der Waals surface area contributed by atoms with Crippen LogP contribution in [0.15, 0.2) is 11.4 Å². The Morgan fingerprint density at radius 2 is 1.39 bits per heavy atom.